The molecule has 0 aliphatic rings. The number of carboxylic acid groups (broad SMARTS) is 1. The molecule has 0 spiro atoms. The zero-order valence-corrected chi connectivity index (χ0v) is 8.22. The van der Waals surface area contributed by atoms with Gasteiger partial charge in [-0.3, -0.25) is 4.79 Å². The van der Waals surface area contributed by atoms with Gasteiger partial charge in [0.05, 0.1) is 5.75 Å². The van der Waals surface area contributed by atoms with Gasteiger partial charge in [0, 0.05) is 7.05 Å². The molecule has 1 unspecified atom stereocenters. The van der Waals surface area contributed by atoms with Gasteiger partial charge in [0.2, 0.25) is 5.91 Å². The smallest absolute Gasteiger partial charge is 0.326 e. The third-order valence-electron chi connectivity index (χ3n) is 1.60. The van der Waals surface area contributed by atoms with Crippen molar-refractivity contribution in [3.8, 4) is 0 Å². The first kappa shape index (κ1) is 11.3. The van der Waals surface area contributed by atoms with E-state index in [1.807, 2.05) is 0 Å². The van der Waals surface area contributed by atoms with Gasteiger partial charge in [-0.1, -0.05) is 0 Å². The number of aliphatic carboxylic acids is 1. The first-order valence-corrected chi connectivity index (χ1v) is 4.87. The van der Waals surface area contributed by atoms with Gasteiger partial charge in [0.25, 0.3) is 0 Å². The lowest BCUT2D eigenvalue weighted by molar-refractivity contribution is -0.147. The summed E-state index contributed by atoms with van der Waals surface area (Å²) >= 11 is 1.38. The van der Waals surface area contributed by atoms with E-state index < -0.39 is 12.0 Å². The normalized spacial score (nSPS) is 12.2. The quantitative estimate of drug-likeness (QED) is 0.693. The van der Waals surface area contributed by atoms with Crippen LogP contribution in [0.4, 0.5) is 0 Å². The highest BCUT2D eigenvalue weighted by Crippen LogP contribution is 2.00. The maximum Gasteiger partial charge on any atom is 0.326 e. The van der Waals surface area contributed by atoms with Crippen LogP contribution in [0, 0.1) is 0 Å². The molecule has 12 heavy (non-hydrogen) atoms. The highest BCUT2D eigenvalue weighted by atomic mass is 32.2. The molecule has 0 radical (unpaired) electrons. The van der Waals surface area contributed by atoms with E-state index in [2.05, 4.69) is 0 Å². The number of rotatable bonds is 4. The second-order valence-electron chi connectivity index (χ2n) is 2.45. The van der Waals surface area contributed by atoms with Crippen molar-refractivity contribution in [2.24, 2.45) is 0 Å². The van der Waals surface area contributed by atoms with E-state index in [9.17, 15) is 9.59 Å². The molecule has 0 aliphatic heterocycles. The van der Waals surface area contributed by atoms with Gasteiger partial charge in [0.1, 0.15) is 6.04 Å². The second kappa shape index (κ2) is 5.03. The Morgan fingerprint density at radius 1 is 1.58 bits per heavy atom. The summed E-state index contributed by atoms with van der Waals surface area (Å²) in [6.07, 6.45) is 1.80. The SMILES string of the molecule is CSCC(=O)N(C)C(C)C(=O)O. The van der Waals surface area contributed by atoms with Crippen molar-refractivity contribution in [1.82, 2.24) is 4.90 Å². The summed E-state index contributed by atoms with van der Waals surface area (Å²) in [7, 11) is 1.50. The molecule has 0 rings (SSSR count). The van der Waals surface area contributed by atoms with Gasteiger partial charge in [-0.15, -0.1) is 0 Å². The van der Waals surface area contributed by atoms with E-state index in [-0.39, 0.29) is 5.91 Å². The van der Waals surface area contributed by atoms with Gasteiger partial charge < -0.3 is 10.0 Å². The Kier molecular flexibility index (Phi) is 4.73. The summed E-state index contributed by atoms with van der Waals surface area (Å²) in [6, 6.07) is -0.746. The number of carbonyl (C=O) groups is 2. The molecular formula is C7H13NO3S. The third-order valence-corrected chi connectivity index (χ3v) is 2.14. The molecule has 0 saturated carbocycles. The largest absolute Gasteiger partial charge is 0.480 e. The lowest BCUT2D eigenvalue weighted by atomic mass is 10.3. The Bertz CT molecular complexity index is 183. The van der Waals surface area contributed by atoms with Crippen molar-refractivity contribution >= 4 is 23.6 Å². The number of amides is 1. The molecule has 0 aliphatic carbocycles. The van der Waals surface area contributed by atoms with Gasteiger partial charge in [-0.05, 0) is 13.2 Å². The number of carboxylic acids is 1. The minimum absolute atomic E-state index is 0.155. The monoisotopic (exact) mass is 191 g/mol. The summed E-state index contributed by atoms with van der Waals surface area (Å²) in [5.41, 5.74) is 0. The minimum atomic E-state index is -0.980. The van der Waals surface area contributed by atoms with Crippen LogP contribution in [-0.4, -0.2) is 47.0 Å². The van der Waals surface area contributed by atoms with E-state index in [0.717, 1.165) is 0 Å². The molecule has 0 aromatic rings. The third kappa shape index (κ3) is 3.13. The molecule has 5 heteroatoms. The van der Waals surface area contributed by atoms with Gasteiger partial charge in [0.15, 0.2) is 0 Å². The summed E-state index contributed by atoms with van der Waals surface area (Å²) in [5.74, 6) is -0.807. The lowest BCUT2D eigenvalue weighted by Crippen LogP contribution is -2.41. The predicted octanol–water partition coefficient (Wildman–Crippen LogP) is 0.281. The molecule has 0 bridgehead atoms. The van der Waals surface area contributed by atoms with Crippen LogP contribution in [0.3, 0.4) is 0 Å². The van der Waals surface area contributed by atoms with E-state index in [1.165, 1.54) is 30.6 Å². The van der Waals surface area contributed by atoms with Crippen molar-refractivity contribution in [3.05, 3.63) is 0 Å². The fourth-order valence-corrected chi connectivity index (χ4v) is 1.06. The van der Waals surface area contributed by atoms with Gasteiger partial charge in [-0.2, -0.15) is 11.8 Å². The Labute approximate surface area is 75.9 Å². The Balaban J connectivity index is 4.09. The molecule has 0 aromatic carbocycles. The highest BCUT2D eigenvalue weighted by Gasteiger charge is 2.20. The molecule has 4 nitrogen and oxygen atoms in total. The summed E-state index contributed by atoms with van der Waals surface area (Å²) in [5, 5.41) is 8.57. The van der Waals surface area contributed by atoms with Crippen LogP contribution in [-0.2, 0) is 9.59 Å². The van der Waals surface area contributed by atoms with Gasteiger partial charge >= 0.3 is 5.97 Å². The number of thioether (sulfide) groups is 1. The van der Waals surface area contributed by atoms with E-state index in [0.29, 0.717) is 5.75 Å². The van der Waals surface area contributed by atoms with Crippen LogP contribution >= 0.6 is 11.8 Å². The van der Waals surface area contributed by atoms with Crippen molar-refractivity contribution in [3.63, 3.8) is 0 Å². The predicted molar refractivity (Wildman–Crippen MR) is 48.2 cm³/mol. The van der Waals surface area contributed by atoms with Crippen molar-refractivity contribution < 1.29 is 14.7 Å². The van der Waals surface area contributed by atoms with E-state index in [1.54, 1.807) is 6.26 Å². The molecule has 0 aromatic heterocycles. The van der Waals surface area contributed by atoms with Crippen LogP contribution in [0.2, 0.25) is 0 Å². The maximum atomic E-state index is 11.1. The zero-order chi connectivity index (χ0) is 9.72. The average molecular weight is 191 g/mol. The number of hydrogen-bond acceptors (Lipinski definition) is 3. The molecule has 0 fully saturated rings. The highest BCUT2D eigenvalue weighted by molar-refractivity contribution is 7.99. The second-order valence-corrected chi connectivity index (χ2v) is 3.32. The minimum Gasteiger partial charge on any atom is -0.480 e. The van der Waals surface area contributed by atoms with E-state index in [4.69, 9.17) is 5.11 Å². The van der Waals surface area contributed by atoms with Crippen LogP contribution in [0.15, 0.2) is 0 Å². The van der Waals surface area contributed by atoms with Crippen molar-refractivity contribution in [1.29, 1.82) is 0 Å². The van der Waals surface area contributed by atoms with Crippen LogP contribution in [0.25, 0.3) is 0 Å². The molecule has 0 heterocycles. The average Bonchev–Trinajstić information content (AvgIpc) is 2.02. The van der Waals surface area contributed by atoms with Crippen LogP contribution in [0.5, 0.6) is 0 Å². The summed E-state index contributed by atoms with van der Waals surface area (Å²) < 4.78 is 0. The van der Waals surface area contributed by atoms with Crippen LogP contribution in [0.1, 0.15) is 6.92 Å². The number of likely N-dealkylation sites (N-methyl/N-ethyl adjacent to an activating group) is 1. The molecule has 1 amide bonds. The van der Waals surface area contributed by atoms with Gasteiger partial charge in [-0.25, -0.2) is 4.79 Å². The van der Waals surface area contributed by atoms with E-state index >= 15 is 0 Å². The summed E-state index contributed by atoms with van der Waals surface area (Å²) in [4.78, 5) is 22.8. The number of hydrogen-bond donors (Lipinski definition) is 1. The first-order chi connectivity index (χ1) is 5.50. The first-order valence-electron chi connectivity index (χ1n) is 3.48. The Morgan fingerprint density at radius 3 is 2.42 bits per heavy atom. The fourth-order valence-electron chi connectivity index (χ4n) is 0.607. The van der Waals surface area contributed by atoms with Crippen molar-refractivity contribution in [2.75, 3.05) is 19.1 Å². The standard InChI is InChI=1S/C7H13NO3S/c1-5(7(10)11)8(2)6(9)4-12-3/h5H,4H2,1-3H3,(H,10,11). The molecule has 1 N–H and O–H groups in total. The fraction of sp³-hybridized carbons (Fsp3) is 0.714. The lowest BCUT2D eigenvalue weighted by Gasteiger charge is -2.20. The molecule has 1 atom stereocenters. The maximum absolute atomic E-state index is 11.1. The Hall–Kier alpha value is -0.710. The molecule has 0 saturated heterocycles. The topological polar surface area (TPSA) is 57.6 Å². The molecule has 70 valence electrons. The van der Waals surface area contributed by atoms with Crippen LogP contribution < -0.4 is 0 Å². The Morgan fingerprint density at radius 2 is 2.08 bits per heavy atom. The van der Waals surface area contributed by atoms with Crippen molar-refractivity contribution in [2.45, 2.75) is 13.0 Å². The number of nitrogens with zero attached hydrogens (tertiary/aromatic N) is 1. The summed E-state index contributed by atoms with van der Waals surface area (Å²) in [6.45, 7) is 1.49. The molecular weight excluding hydrogens is 178 g/mol. The zero-order valence-electron chi connectivity index (χ0n) is 7.40. The number of carbonyl (C=O) groups excluding carboxylic acids is 1.